The number of carbonyl (C=O) groups is 1. The number of hydrazine groups is 1. The molecule has 14 heavy (non-hydrogen) atoms. The standard InChI is InChI=1S/C9H20N2O2.ClH/c1-7(5-6-11-10)8(12)13-9(2,3)4;/h7,11H,5-6,10H2,1-4H3;1H/t7-;/m0./s1. The first kappa shape index (κ1) is 16.1. The Hall–Kier alpha value is -0.320. The van der Waals surface area contributed by atoms with Gasteiger partial charge in [0.25, 0.3) is 0 Å². The third-order valence-electron chi connectivity index (χ3n) is 1.53. The fourth-order valence-electron chi connectivity index (χ4n) is 0.820. The van der Waals surface area contributed by atoms with E-state index in [4.69, 9.17) is 10.6 Å². The average molecular weight is 225 g/mol. The zero-order valence-electron chi connectivity index (χ0n) is 9.29. The summed E-state index contributed by atoms with van der Waals surface area (Å²) in [7, 11) is 0. The molecule has 0 aliphatic carbocycles. The van der Waals surface area contributed by atoms with Crippen LogP contribution in [-0.4, -0.2) is 18.1 Å². The summed E-state index contributed by atoms with van der Waals surface area (Å²) in [5.41, 5.74) is 2.11. The van der Waals surface area contributed by atoms with Crippen molar-refractivity contribution in [1.29, 1.82) is 0 Å². The summed E-state index contributed by atoms with van der Waals surface area (Å²) in [6.45, 7) is 8.04. The molecule has 0 rings (SSSR count). The maximum absolute atomic E-state index is 11.4. The number of hydrogen-bond acceptors (Lipinski definition) is 4. The first-order valence-corrected chi connectivity index (χ1v) is 4.53. The van der Waals surface area contributed by atoms with E-state index >= 15 is 0 Å². The van der Waals surface area contributed by atoms with Gasteiger partial charge >= 0.3 is 5.97 Å². The van der Waals surface area contributed by atoms with Crippen molar-refractivity contribution in [3.63, 3.8) is 0 Å². The first-order valence-electron chi connectivity index (χ1n) is 4.53. The molecule has 0 fully saturated rings. The molecule has 3 N–H and O–H groups in total. The lowest BCUT2D eigenvalue weighted by atomic mass is 10.1. The van der Waals surface area contributed by atoms with Gasteiger partial charge in [-0.25, -0.2) is 0 Å². The molecule has 86 valence electrons. The molecule has 0 aromatic heterocycles. The summed E-state index contributed by atoms with van der Waals surface area (Å²) < 4.78 is 5.19. The molecule has 0 spiro atoms. The molecule has 0 radical (unpaired) electrons. The van der Waals surface area contributed by atoms with Crippen molar-refractivity contribution in [2.45, 2.75) is 39.7 Å². The van der Waals surface area contributed by atoms with Gasteiger partial charge in [-0.15, -0.1) is 12.4 Å². The average Bonchev–Trinajstić information content (AvgIpc) is 1.96. The van der Waals surface area contributed by atoms with Crippen molar-refractivity contribution >= 4 is 18.4 Å². The number of nitrogens with two attached hydrogens (primary N) is 1. The Balaban J connectivity index is 0. The molecule has 0 amide bonds. The van der Waals surface area contributed by atoms with Crippen LogP contribution in [0.3, 0.4) is 0 Å². The summed E-state index contributed by atoms with van der Waals surface area (Å²) in [6, 6.07) is 0. The number of halogens is 1. The maximum atomic E-state index is 11.4. The largest absolute Gasteiger partial charge is 0.460 e. The van der Waals surface area contributed by atoms with Crippen LogP contribution in [0, 0.1) is 5.92 Å². The van der Waals surface area contributed by atoms with Gasteiger partial charge < -0.3 is 4.74 Å². The Kier molecular flexibility index (Phi) is 8.10. The third kappa shape index (κ3) is 8.29. The zero-order valence-corrected chi connectivity index (χ0v) is 10.1. The highest BCUT2D eigenvalue weighted by Crippen LogP contribution is 2.12. The quantitative estimate of drug-likeness (QED) is 0.429. The molecule has 0 bridgehead atoms. The Bertz CT molecular complexity index is 169. The molecule has 0 aromatic rings. The number of esters is 1. The van der Waals surface area contributed by atoms with Crippen LogP contribution in [-0.2, 0) is 9.53 Å². The summed E-state index contributed by atoms with van der Waals surface area (Å²) in [5, 5.41) is 0. The van der Waals surface area contributed by atoms with E-state index in [0.29, 0.717) is 13.0 Å². The summed E-state index contributed by atoms with van der Waals surface area (Å²) >= 11 is 0. The predicted octanol–water partition coefficient (Wildman–Crippen LogP) is 1.24. The molecular formula is C9H21ClN2O2. The molecule has 0 heterocycles. The van der Waals surface area contributed by atoms with Gasteiger partial charge in [-0.3, -0.25) is 16.1 Å². The third-order valence-corrected chi connectivity index (χ3v) is 1.53. The maximum Gasteiger partial charge on any atom is 0.309 e. The van der Waals surface area contributed by atoms with Crippen LogP contribution >= 0.6 is 12.4 Å². The van der Waals surface area contributed by atoms with Crippen molar-refractivity contribution < 1.29 is 9.53 Å². The molecule has 0 aromatic carbocycles. The van der Waals surface area contributed by atoms with Crippen molar-refractivity contribution in [2.24, 2.45) is 11.8 Å². The minimum atomic E-state index is -0.401. The van der Waals surface area contributed by atoms with Crippen LogP contribution in [0.5, 0.6) is 0 Å². The van der Waals surface area contributed by atoms with Gasteiger partial charge in [0.15, 0.2) is 0 Å². The Morgan fingerprint density at radius 3 is 2.36 bits per heavy atom. The number of ether oxygens (including phenoxy) is 1. The summed E-state index contributed by atoms with van der Waals surface area (Å²) in [6.07, 6.45) is 0.700. The normalized spacial score (nSPS) is 12.9. The monoisotopic (exact) mass is 224 g/mol. The summed E-state index contributed by atoms with van der Waals surface area (Å²) in [4.78, 5) is 11.4. The number of nitrogens with one attached hydrogen (secondary N) is 1. The van der Waals surface area contributed by atoms with Gasteiger partial charge in [-0.05, 0) is 27.2 Å². The van der Waals surface area contributed by atoms with Crippen molar-refractivity contribution in [3.8, 4) is 0 Å². The fourth-order valence-corrected chi connectivity index (χ4v) is 0.820. The fraction of sp³-hybridized carbons (Fsp3) is 0.889. The van der Waals surface area contributed by atoms with Crippen LogP contribution in [0.4, 0.5) is 0 Å². The van der Waals surface area contributed by atoms with Gasteiger partial charge in [0.2, 0.25) is 0 Å². The lowest BCUT2D eigenvalue weighted by Gasteiger charge is -2.22. The second-order valence-corrected chi connectivity index (χ2v) is 4.18. The highest BCUT2D eigenvalue weighted by atomic mass is 35.5. The van der Waals surface area contributed by atoms with E-state index in [2.05, 4.69) is 5.43 Å². The molecule has 0 aliphatic rings. The number of carbonyl (C=O) groups excluding carboxylic acids is 1. The lowest BCUT2D eigenvalue weighted by molar-refractivity contribution is -0.159. The smallest absolute Gasteiger partial charge is 0.309 e. The van der Waals surface area contributed by atoms with Gasteiger partial charge in [0, 0.05) is 6.54 Å². The van der Waals surface area contributed by atoms with E-state index in [1.165, 1.54) is 0 Å². The highest BCUT2D eigenvalue weighted by molar-refractivity contribution is 5.85. The van der Waals surface area contributed by atoms with Crippen molar-refractivity contribution in [3.05, 3.63) is 0 Å². The van der Waals surface area contributed by atoms with E-state index in [1.807, 2.05) is 27.7 Å². The Morgan fingerprint density at radius 1 is 1.50 bits per heavy atom. The molecular weight excluding hydrogens is 204 g/mol. The molecule has 1 atom stereocenters. The predicted molar refractivity (Wildman–Crippen MR) is 59.1 cm³/mol. The topological polar surface area (TPSA) is 64.3 Å². The van der Waals surface area contributed by atoms with Gasteiger partial charge in [-0.2, -0.15) is 0 Å². The Labute approximate surface area is 91.9 Å². The minimum absolute atomic E-state index is 0. The molecule has 0 saturated heterocycles. The summed E-state index contributed by atoms with van der Waals surface area (Å²) in [5.74, 6) is 4.84. The molecule has 4 nitrogen and oxygen atoms in total. The van der Waals surface area contributed by atoms with Gasteiger partial charge in [-0.1, -0.05) is 6.92 Å². The number of hydrogen-bond donors (Lipinski definition) is 2. The Morgan fingerprint density at radius 2 is 2.00 bits per heavy atom. The SMILES string of the molecule is C[C@@H](CCNN)C(=O)OC(C)(C)C.Cl. The molecule has 5 heteroatoms. The van der Waals surface area contributed by atoms with E-state index in [0.717, 1.165) is 0 Å². The van der Waals surface area contributed by atoms with E-state index < -0.39 is 5.60 Å². The molecule has 0 unspecified atom stereocenters. The van der Waals surface area contributed by atoms with Crippen LogP contribution in [0.2, 0.25) is 0 Å². The second kappa shape index (κ2) is 7.04. The highest BCUT2D eigenvalue weighted by Gasteiger charge is 2.20. The number of rotatable bonds is 4. The van der Waals surface area contributed by atoms with E-state index in [9.17, 15) is 4.79 Å². The van der Waals surface area contributed by atoms with Crippen molar-refractivity contribution in [1.82, 2.24) is 5.43 Å². The molecule has 0 saturated carbocycles. The minimum Gasteiger partial charge on any atom is -0.460 e. The van der Waals surface area contributed by atoms with Gasteiger partial charge in [0.1, 0.15) is 5.60 Å². The first-order chi connectivity index (χ1) is 5.87. The lowest BCUT2D eigenvalue weighted by Crippen LogP contribution is -2.30. The van der Waals surface area contributed by atoms with Crippen LogP contribution in [0.15, 0.2) is 0 Å². The van der Waals surface area contributed by atoms with Gasteiger partial charge in [0.05, 0.1) is 5.92 Å². The van der Waals surface area contributed by atoms with E-state index in [-0.39, 0.29) is 24.3 Å². The van der Waals surface area contributed by atoms with Crippen LogP contribution in [0.1, 0.15) is 34.1 Å². The second-order valence-electron chi connectivity index (χ2n) is 4.18. The van der Waals surface area contributed by atoms with Crippen LogP contribution < -0.4 is 11.3 Å². The van der Waals surface area contributed by atoms with Crippen molar-refractivity contribution in [2.75, 3.05) is 6.54 Å². The zero-order chi connectivity index (χ0) is 10.5. The van der Waals surface area contributed by atoms with E-state index in [1.54, 1.807) is 0 Å². The van der Waals surface area contributed by atoms with Crippen LogP contribution in [0.25, 0.3) is 0 Å². The molecule has 0 aliphatic heterocycles.